The summed E-state index contributed by atoms with van der Waals surface area (Å²) in [6.45, 7) is 2.32. The van der Waals surface area contributed by atoms with Gasteiger partial charge in [0.05, 0.1) is 10.7 Å². The molecule has 0 radical (unpaired) electrons. The summed E-state index contributed by atoms with van der Waals surface area (Å²) in [4.78, 5) is 23.9. The van der Waals surface area contributed by atoms with Crippen LogP contribution in [0.4, 0.5) is 5.69 Å². The van der Waals surface area contributed by atoms with E-state index in [9.17, 15) is 9.59 Å². The molecule has 0 saturated heterocycles. The normalized spacial score (nSPS) is 10.8. The number of nitrogens with zero attached hydrogens (tertiary/aromatic N) is 1. The Balaban J connectivity index is 1.43. The maximum absolute atomic E-state index is 12.0. The highest BCUT2D eigenvalue weighted by Gasteiger charge is 2.07. The number of hydrazone groups is 1. The lowest BCUT2D eigenvalue weighted by Crippen LogP contribution is -2.20. The van der Waals surface area contributed by atoms with Crippen LogP contribution < -0.4 is 15.5 Å². The molecule has 0 atom stereocenters. The standard InChI is InChI=1S/C25H23BrClN3O3/c1-17-6-9-20(10-7-17)29-24(31)12-13-25(32)30-28-15-18-8-11-23(21(26)14-18)33-16-19-4-2-3-5-22(19)27/h2-11,14-15H,12-13,16H2,1H3,(H,29,31)(H,30,32). The lowest BCUT2D eigenvalue weighted by atomic mass is 10.2. The number of aryl methyl sites for hydroxylation is 1. The summed E-state index contributed by atoms with van der Waals surface area (Å²) in [7, 11) is 0. The van der Waals surface area contributed by atoms with Crippen LogP contribution >= 0.6 is 27.5 Å². The number of benzene rings is 3. The Kier molecular flexibility index (Phi) is 9.04. The van der Waals surface area contributed by atoms with Crippen LogP contribution in [-0.2, 0) is 16.2 Å². The predicted molar refractivity (Wildman–Crippen MR) is 135 cm³/mol. The first-order chi connectivity index (χ1) is 15.9. The lowest BCUT2D eigenvalue weighted by molar-refractivity contribution is -0.124. The van der Waals surface area contributed by atoms with E-state index in [1.54, 1.807) is 6.07 Å². The van der Waals surface area contributed by atoms with E-state index in [-0.39, 0.29) is 24.7 Å². The summed E-state index contributed by atoms with van der Waals surface area (Å²) < 4.78 is 6.57. The van der Waals surface area contributed by atoms with Gasteiger partial charge in [-0.2, -0.15) is 5.10 Å². The van der Waals surface area contributed by atoms with Crippen molar-refractivity contribution < 1.29 is 14.3 Å². The number of anilines is 1. The molecule has 0 aliphatic heterocycles. The van der Waals surface area contributed by atoms with Crippen molar-refractivity contribution in [2.75, 3.05) is 5.32 Å². The molecule has 3 aromatic rings. The molecule has 0 bridgehead atoms. The molecule has 0 aliphatic carbocycles. The van der Waals surface area contributed by atoms with Crippen molar-refractivity contribution >= 4 is 51.2 Å². The number of nitrogens with one attached hydrogen (secondary N) is 2. The van der Waals surface area contributed by atoms with E-state index < -0.39 is 0 Å². The molecule has 0 unspecified atom stereocenters. The highest BCUT2D eigenvalue weighted by atomic mass is 79.9. The number of hydrogen-bond acceptors (Lipinski definition) is 4. The van der Waals surface area contributed by atoms with Gasteiger partial charge in [-0.3, -0.25) is 9.59 Å². The summed E-state index contributed by atoms with van der Waals surface area (Å²) in [5.41, 5.74) is 5.91. The minimum absolute atomic E-state index is 0.0353. The van der Waals surface area contributed by atoms with E-state index in [1.165, 1.54) is 6.21 Å². The Bertz CT molecular complexity index is 1150. The fourth-order valence-corrected chi connectivity index (χ4v) is 3.51. The Labute approximate surface area is 206 Å². The maximum Gasteiger partial charge on any atom is 0.240 e. The topological polar surface area (TPSA) is 79.8 Å². The smallest absolute Gasteiger partial charge is 0.240 e. The van der Waals surface area contributed by atoms with Crippen LogP contribution in [0.5, 0.6) is 5.75 Å². The fourth-order valence-electron chi connectivity index (χ4n) is 2.81. The fraction of sp³-hybridized carbons (Fsp3) is 0.160. The quantitative estimate of drug-likeness (QED) is 0.270. The van der Waals surface area contributed by atoms with Gasteiger partial charge in [0.25, 0.3) is 0 Å². The summed E-state index contributed by atoms with van der Waals surface area (Å²) in [6, 6.07) is 20.4. The van der Waals surface area contributed by atoms with E-state index >= 15 is 0 Å². The van der Waals surface area contributed by atoms with E-state index in [4.69, 9.17) is 16.3 Å². The molecular weight excluding hydrogens is 506 g/mol. The monoisotopic (exact) mass is 527 g/mol. The van der Waals surface area contributed by atoms with E-state index in [0.29, 0.717) is 23.1 Å². The summed E-state index contributed by atoms with van der Waals surface area (Å²) in [5.74, 6) is 0.0917. The van der Waals surface area contributed by atoms with Gasteiger partial charge in [-0.05, 0) is 64.8 Å². The van der Waals surface area contributed by atoms with Crippen molar-refractivity contribution in [3.63, 3.8) is 0 Å². The number of amides is 2. The first-order valence-electron chi connectivity index (χ1n) is 10.2. The third kappa shape index (κ3) is 8.04. The third-order valence-corrected chi connectivity index (χ3v) is 5.60. The molecular formula is C25H23BrClN3O3. The molecule has 0 saturated carbocycles. The zero-order chi connectivity index (χ0) is 23.6. The average molecular weight is 529 g/mol. The van der Waals surface area contributed by atoms with Gasteiger partial charge < -0.3 is 10.1 Å². The van der Waals surface area contributed by atoms with Crippen LogP contribution in [-0.4, -0.2) is 18.0 Å². The van der Waals surface area contributed by atoms with Crippen LogP contribution in [0.1, 0.15) is 29.5 Å². The van der Waals surface area contributed by atoms with E-state index in [1.807, 2.05) is 67.6 Å². The summed E-state index contributed by atoms with van der Waals surface area (Å²) >= 11 is 9.63. The minimum Gasteiger partial charge on any atom is -0.488 e. The second kappa shape index (κ2) is 12.2. The molecule has 2 N–H and O–H groups in total. The van der Waals surface area contributed by atoms with Gasteiger partial charge in [0.2, 0.25) is 11.8 Å². The van der Waals surface area contributed by atoms with Crippen molar-refractivity contribution in [1.82, 2.24) is 5.43 Å². The SMILES string of the molecule is Cc1ccc(NC(=O)CCC(=O)NN=Cc2ccc(OCc3ccccc3Cl)c(Br)c2)cc1. The molecule has 0 spiro atoms. The predicted octanol–water partition coefficient (Wildman–Crippen LogP) is 5.86. The number of halogens is 2. The van der Waals surface area contributed by atoms with Crippen LogP contribution in [0.3, 0.4) is 0 Å². The zero-order valence-corrected chi connectivity index (χ0v) is 20.3. The van der Waals surface area contributed by atoms with Gasteiger partial charge in [-0.1, -0.05) is 47.5 Å². The summed E-state index contributed by atoms with van der Waals surface area (Å²) in [6.07, 6.45) is 1.62. The molecule has 0 fully saturated rings. The molecule has 8 heteroatoms. The molecule has 3 aromatic carbocycles. The Morgan fingerprint density at radius 3 is 2.48 bits per heavy atom. The van der Waals surface area contributed by atoms with E-state index in [2.05, 4.69) is 31.8 Å². The average Bonchev–Trinajstić information content (AvgIpc) is 2.80. The Morgan fingerprint density at radius 1 is 1.03 bits per heavy atom. The van der Waals surface area contributed by atoms with Crippen LogP contribution in [0, 0.1) is 6.92 Å². The molecule has 33 heavy (non-hydrogen) atoms. The maximum atomic E-state index is 12.0. The van der Waals surface area contributed by atoms with Crippen LogP contribution in [0.25, 0.3) is 0 Å². The van der Waals surface area contributed by atoms with Crippen LogP contribution in [0.15, 0.2) is 76.3 Å². The molecule has 0 heterocycles. The van der Waals surface area contributed by atoms with Crippen molar-refractivity contribution in [2.45, 2.75) is 26.4 Å². The van der Waals surface area contributed by atoms with Gasteiger partial charge >= 0.3 is 0 Å². The number of rotatable bonds is 9. The zero-order valence-electron chi connectivity index (χ0n) is 18.0. The second-order valence-corrected chi connectivity index (χ2v) is 8.54. The van der Waals surface area contributed by atoms with Crippen molar-refractivity contribution in [1.29, 1.82) is 0 Å². The molecule has 170 valence electrons. The number of hydrogen-bond donors (Lipinski definition) is 2. The number of carbonyl (C=O) groups excluding carboxylic acids is 2. The van der Waals surface area contributed by atoms with E-state index in [0.717, 1.165) is 21.2 Å². The second-order valence-electron chi connectivity index (χ2n) is 7.28. The molecule has 0 aliphatic rings. The van der Waals surface area contributed by atoms with Crippen molar-refractivity contribution in [3.05, 3.63) is 92.9 Å². The van der Waals surface area contributed by atoms with Gasteiger partial charge in [-0.15, -0.1) is 0 Å². The van der Waals surface area contributed by atoms with Crippen LogP contribution in [0.2, 0.25) is 5.02 Å². The van der Waals surface area contributed by atoms with Crippen molar-refractivity contribution in [3.8, 4) is 5.75 Å². The minimum atomic E-state index is -0.343. The highest BCUT2D eigenvalue weighted by Crippen LogP contribution is 2.27. The molecule has 2 amide bonds. The number of ether oxygens (including phenoxy) is 1. The third-order valence-electron chi connectivity index (χ3n) is 4.61. The molecule has 0 aromatic heterocycles. The lowest BCUT2D eigenvalue weighted by Gasteiger charge is -2.10. The van der Waals surface area contributed by atoms with Gasteiger partial charge in [0.1, 0.15) is 12.4 Å². The Hall–Kier alpha value is -3.16. The number of carbonyl (C=O) groups is 2. The van der Waals surface area contributed by atoms with Gasteiger partial charge in [0.15, 0.2) is 0 Å². The molecule has 3 rings (SSSR count). The van der Waals surface area contributed by atoms with Gasteiger partial charge in [-0.25, -0.2) is 5.43 Å². The Morgan fingerprint density at radius 2 is 1.76 bits per heavy atom. The summed E-state index contributed by atoms with van der Waals surface area (Å²) in [5, 5.41) is 7.37. The van der Waals surface area contributed by atoms with Gasteiger partial charge in [0, 0.05) is 29.1 Å². The first kappa shape index (κ1) is 24.5. The largest absolute Gasteiger partial charge is 0.488 e. The molecule has 6 nitrogen and oxygen atoms in total. The first-order valence-corrected chi connectivity index (χ1v) is 11.4. The van der Waals surface area contributed by atoms with Crippen molar-refractivity contribution in [2.24, 2.45) is 5.10 Å². The highest BCUT2D eigenvalue weighted by molar-refractivity contribution is 9.10.